The summed E-state index contributed by atoms with van der Waals surface area (Å²) in [6.45, 7) is 0. The Morgan fingerprint density at radius 1 is 0.500 bits per heavy atom. The van der Waals surface area contributed by atoms with E-state index < -0.39 is 0 Å². The minimum atomic E-state index is 1.18. The maximum absolute atomic E-state index is 2.32. The molecular formula is C12H18. The van der Waals surface area contributed by atoms with Crippen LogP contribution in [0, 0.1) is 0 Å². The summed E-state index contributed by atoms with van der Waals surface area (Å²) in [7, 11) is 0. The standard InChI is InChI=1S/C12H18/c1-2-4-6-8-10-12-11-9-7-5-3-1/h1-4,9,11H,5-8,10,12H2/b3-1+,4-2+,11-9+. The number of hydrogen-bond acceptors (Lipinski definition) is 0. The van der Waals surface area contributed by atoms with Crippen LogP contribution in [0.25, 0.3) is 0 Å². The molecule has 1 rings (SSSR count). The molecule has 0 aliphatic heterocycles. The molecule has 0 saturated carbocycles. The summed E-state index contributed by atoms with van der Waals surface area (Å²) < 4.78 is 0. The maximum atomic E-state index is 2.32. The van der Waals surface area contributed by atoms with Crippen LogP contribution >= 0.6 is 0 Å². The third kappa shape index (κ3) is 4.95. The van der Waals surface area contributed by atoms with E-state index in [-0.39, 0.29) is 0 Å². The smallest absolute Gasteiger partial charge is 0.0313 e. The molecule has 0 heterocycles. The predicted molar refractivity (Wildman–Crippen MR) is 55.1 cm³/mol. The number of rotatable bonds is 0. The van der Waals surface area contributed by atoms with Crippen molar-refractivity contribution in [3.05, 3.63) is 36.5 Å². The van der Waals surface area contributed by atoms with Gasteiger partial charge in [0, 0.05) is 0 Å². The van der Waals surface area contributed by atoms with E-state index in [9.17, 15) is 0 Å². The van der Waals surface area contributed by atoms with E-state index in [4.69, 9.17) is 0 Å². The second kappa shape index (κ2) is 6.90. The number of hydrogen-bond donors (Lipinski definition) is 0. The molecule has 1 aliphatic rings. The van der Waals surface area contributed by atoms with Crippen molar-refractivity contribution in [2.45, 2.75) is 38.5 Å². The highest BCUT2D eigenvalue weighted by Crippen LogP contribution is 2.04. The zero-order valence-corrected chi connectivity index (χ0v) is 7.71. The quantitative estimate of drug-likeness (QED) is 0.472. The summed E-state index contributed by atoms with van der Waals surface area (Å²) in [5.74, 6) is 0. The first kappa shape index (κ1) is 9.31. The summed E-state index contributed by atoms with van der Waals surface area (Å²) in [5, 5.41) is 0. The first-order valence-electron chi connectivity index (χ1n) is 4.97. The van der Waals surface area contributed by atoms with Crippen molar-refractivity contribution >= 4 is 0 Å². The van der Waals surface area contributed by atoms with Gasteiger partial charge in [0.1, 0.15) is 0 Å². The fraction of sp³-hybridized carbons (Fsp3) is 0.500. The average molecular weight is 162 g/mol. The van der Waals surface area contributed by atoms with Crippen LogP contribution in [0.1, 0.15) is 38.5 Å². The van der Waals surface area contributed by atoms with E-state index in [0.29, 0.717) is 0 Å². The van der Waals surface area contributed by atoms with Crippen molar-refractivity contribution in [2.24, 2.45) is 0 Å². The molecule has 66 valence electrons. The van der Waals surface area contributed by atoms with Gasteiger partial charge in [-0.1, -0.05) is 36.5 Å². The molecule has 0 aromatic carbocycles. The monoisotopic (exact) mass is 162 g/mol. The van der Waals surface area contributed by atoms with Crippen molar-refractivity contribution in [1.82, 2.24) is 0 Å². The van der Waals surface area contributed by atoms with Crippen molar-refractivity contribution in [2.75, 3.05) is 0 Å². The summed E-state index contributed by atoms with van der Waals surface area (Å²) in [5.41, 5.74) is 0. The Balaban J connectivity index is 2.31. The third-order valence-electron chi connectivity index (χ3n) is 2.04. The first-order chi connectivity index (χ1) is 6.00. The molecule has 0 radical (unpaired) electrons. The van der Waals surface area contributed by atoms with Crippen LogP contribution in [0.4, 0.5) is 0 Å². The topological polar surface area (TPSA) is 0 Å². The van der Waals surface area contributed by atoms with E-state index in [1.807, 2.05) is 0 Å². The SMILES string of the molecule is C1=C/CC/C=C/CCCC/C=C/1. The molecule has 0 N–H and O–H groups in total. The molecule has 0 atom stereocenters. The van der Waals surface area contributed by atoms with Crippen molar-refractivity contribution in [3.8, 4) is 0 Å². The Morgan fingerprint density at radius 2 is 1.00 bits per heavy atom. The largest absolute Gasteiger partial charge is 0.0885 e. The van der Waals surface area contributed by atoms with Gasteiger partial charge in [0.05, 0.1) is 0 Å². The van der Waals surface area contributed by atoms with Gasteiger partial charge in [-0.15, -0.1) is 0 Å². The summed E-state index contributed by atoms with van der Waals surface area (Å²) in [6.07, 6.45) is 21.0. The van der Waals surface area contributed by atoms with Crippen LogP contribution < -0.4 is 0 Å². The van der Waals surface area contributed by atoms with Gasteiger partial charge in [0.15, 0.2) is 0 Å². The first-order valence-corrected chi connectivity index (χ1v) is 4.97. The lowest BCUT2D eigenvalue weighted by Gasteiger charge is -1.94. The summed E-state index contributed by atoms with van der Waals surface area (Å²) >= 11 is 0. The van der Waals surface area contributed by atoms with E-state index in [1.165, 1.54) is 38.5 Å². The minimum absolute atomic E-state index is 1.18. The second-order valence-corrected chi connectivity index (χ2v) is 3.19. The fourth-order valence-electron chi connectivity index (χ4n) is 1.30. The molecule has 0 aromatic heterocycles. The van der Waals surface area contributed by atoms with Gasteiger partial charge in [-0.05, 0) is 38.5 Å². The van der Waals surface area contributed by atoms with Crippen LogP contribution in [0.2, 0.25) is 0 Å². The highest BCUT2D eigenvalue weighted by molar-refractivity contribution is 5.03. The lowest BCUT2D eigenvalue weighted by Crippen LogP contribution is -1.74. The Kier molecular flexibility index (Phi) is 5.35. The van der Waals surface area contributed by atoms with Crippen LogP contribution in [0.5, 0.6) is 0 Å². The van der Waals surface area contributed by atoms with Gasteiger partial charge in [-0.3, -0.25) is 0 Å². The Hall–Kier alpha value is -0.780. The van der Waals surface area contributed by atoms with Gasteiger partial charge in [-0.2, -0.15) is 0 Å². The molecule has 0 nitrogen and oxygen atoms in total. The maximum Gasteiger partial charge on any atom is -0.0313 e. The molecule has 0 heteroatoms. The van der Waals surface area contributed by atoms with Gasteiger partial charge < -0.3 is 0 Å². The fourth-order valence-corrected chi connectivity index (χ4v) is 1.30. The highest BCUT2D eigenvalue weighted by atomic mass is 13.9. The Labute approximate surface area is 75.7 Å². The Bertz CT molecular complexity index is 172. The minimum Gasteiger partial charge on any atom is -0.0885 e. The predicted octanol–water partition coefficient (Wildman–Crippen LogP) is 4.01. The van der Waals surface area contributed by atoms with E-state index in [1.54, 1.807) is 0 Å². The normalized spacial score (nSPS) is 28.0. The van der Waals surface area contributed by atoms with E-state index in [0.717, 1.165) is 0 Å². The van der Waals surface area contributed by atoms with Gasteiger partial charge in [0.25, 0.3) is 0 Å². The molecular weight excluding hydrogens is 144 g/mol. The summed E-state index contributed by atoms with van der Waals surface area (Å²) in [6, 6.07) is 0. The molecule has 0 saturated heterocycles. The lowest BCUT2D eigenvalue weighted by atomic mass is 10.1. The molecule has 0 amide bonds. The van der Waals surface area contributed by atoms with Crippen LogP contribution in [0.3, 0.4) is 0 Å². The third-order valence-corrected chi connectivity index (χ3v) is 2.04. The van der Waals surface area contributed by atoms with Crippen LogP contribution in [0.15, 0.2) is 36.5 Å². The zero-order valence-electron chi connectivity index (χ0n) is 7.71. The Morgan fingerprint density at radius 3 is 1.83 bits per heavy atom. The van der Waals surface area contributed by atoms with Crippen LogP contribution in [-0.4, -0.2) is 0 Å². The molecule has 0 spiro atoms. The lowest BCUT2D eigenvalue weighted by molar-refractivity contribution is 0.760. The van der Waals surface area contributed by atoms with Gasteiger partial charge in [-0.25, -0.2) is 0 Å². The molecule has 1 aliphatic carbocycles. The van der Waals surface area contributed by atoms with Crippen LogP contribution in [-0.2, 0) is 0 Å². The number of allylic oxidation sites excluding steroid dienone is 6. The molecule has 0 aromatic rings. The summed E-state index contributed by atoms with van der Waals surface area (Å²) in [4.78, 5) is 0. The molecule has 0 fully saturated rings. The second-order valence-electron chi connectivity index (χ2n) is 3.19. The molecule has 12 heavy (non-hydrogen) atoms. The van der Waals surface area contributed by atoms with Gasteiger partial charge >= 0.3 is 0 Å². The average Bonchev–Trinajstić information content (AvgIpc) is 2.05. The van der Waals surface area contributed by atoms with E-state index in [2.05, 4.69) is 36.5 Å². The van der Waals surface area contributed by atoms with Gasteiger partial charge in [0.2, 0.25) is 0 Å². The van der Waals surface area contributed by atoms with E-state index >= 15 is 0 Å². The van der Waals surface area contributed by atoms with Crippen molar-refractivity contribution < 1.29 is 0 Å². The zero-order chi connectivity index (χ0) is 8.49. The molecule has 0 bridgehead atoms. The van der Waals surface area contributed by atoms with Crippen molar-refractivity contribution in [1.29, 1.82) is 0 Å². The highest BCUT2D eigenvalue weighted by Gasteiger charge is 1.84. The molecule has 0 unspecified atom stereocenters. The van der Waals surface area contributed by atoms with Crippen molar-refractivity contribution in [3.63, 3.8) is 0 Å².